The van der Waals surface area contributed by atoms with Crippen molar-refractivity contribution in [1.29, 1.82) is 0 Å². The van der Waals surface area contributed by atoms with Gasteiger partial charge in [0, 0.05) is 12.5 Å². The Bertz CT molecular complexity index is 810. The molecular weight excluding hydrogens is 258 g/mol. The molecule has 0 saturated carbocycles. The van der Waals surface area contributed by atoms with Gasteiger partial charge in [-0.2, -0.15) is 0 Å². The first-order chi connectivity index (χ1) is 10.3. The number of aryl methyl sites for hydroxylation is 1. The molecule has 1 aliphatic carbocycles. The number of benzene rings is 2. The van der Waals surface area contributed by atoms with Gasteiger partial charge in [0.1, 0.15) is 5.82 Å². The zero-order valence-electron chi connectivity index (χ0n) is 12.0. The largest absolute Gasteiger partial charge is 0.368 e. The molecule has 21 heavy (non-hydrogen) atoms. The number of hydrogen-bond acceptors (Lipinski definition) is 3. The second-order valence-corrected chi connectivity index (χ2v) is 5.63. The lowest BCUT2D eigenvalue weighted by Crippen LogP contribution is -2.24. The van der Waals surface area contributed by atoms with E-state index in [1.807, 2.05) is 31.2 Å². The van der Waals surface area contributed by atoms with E-state index in [9.17, 15) is 0 Å². The van der Waals surface area contributed by atoms with Crippen molar-refractivity contribution < 1.29 is 0 Å². The summed E-state index contributed by atoms with van der Waals surface area (Å²) in [5.74, 6) is 1.49. The molecule has 1 unspecified atom stereocenters. The molecule has 1 atom stereocenters. The smallest absolute Gasteiger partial charge is 0.148 e. The maximum Gasteiger partial charge on any atom is 0.148 e. The molecule has 104 valence electrons. The van der Waals surface area contributed by atoms with Gasteiger partial charge < -0.3 is 5.32 Å². The fraction of sp³-hybridized carbons (Fsp3) is 0.222. The van der Waals surface area contributed by atoms with Crippen LogP contribution in [0.15, 0.2) is 48.5 Å². The van der Waals surface area contributed by atoms with Crippen LogP contribution in [0.1, 0.15) is 22.7 Å². The van der Waals surface area contributed by atoms with E-state index in [1.165, 1.54) is 11.1 Å². The van der Waals surface area contributed by atoms with E-state index >= 15 is 0 Å². The zero-order valence-corrected chi connectivity index (χ0v) is 12.0. The number of fused-ring (bicyclic) bond motifs is 2. The Morgan fingerprint density at radius 1 is 1.00 bits per heavy atom. The number of rotatable bonds is 3. The van der Waals surface area contributed by atoms with Gasteiger partial charge in [-0.1, -0.05) is 36.4 Å². The number of nitrogens with zero attached hydrogens (tertiary/aromatic N) is 2. The van der Waals surface area contributed by atoms with Crippen molar-refractivity contribution in [1.82, 2.24) is 9.97 Å². The molecule has 0 saturated heterocycles. The van der Waals surface area contributed by atoms with Crippen LogP contribution >= 0.6 is 0 Å². The minimum Gasteiger partial charge on any atom is -0.368 e. The predicted molar refractivity (Wildman–Crippen MR) is 85.7 cm³/mol. The highest BCUT2D eigenvalue weighted by Crippen LogP contribution is 2.34. The first-order valence-corrected chi connectivity index (χ1v) is 7.36. The molecule has 4 rings (SSSR count). The minimum atomic E-state index is 0.592. The van der Waals surface area contributed by atoms with Crippen LogP contribution in [0.5, 0.6) is 0 Å². The van der Waals surface area contributed by atoms with E-state index in [0.29, 0.717) is 5.92 Å². The van der Waals surface area contributed by atoms with Crippen molar-refractivity contribution in [3.05, 3.63) is 65.4 Å². The van der Waals surface area contributed by atoms with Crippen LogP contribution < -0.4 is 5.32 Å². The Balaban J connectivity index is 1.54. The van der Waals surface area contributed by atoms with Gasteiger partial charge in [-0.25, -0.2) is 9.97 Å². The maximum absolute atomic E-state index is 4.69. The highest BCUT2D eigenvalue weighted by Gasteiger charge is 2.25. The number of aromatic nitrogens is 2. The van der Waals surface area contributed by atoms with Gasteiger partial charge in [0.25, 0.3) is 0 Å². The summed E-state index contributed by atoms with van der Waals surface area (Å²) in [6, 6.07) is 16.7. The molecule has 2 aromatic carbocycles. The molecule has 0 spiro atoms. The standard InChI is InChI=1S/C18H17N3/c1-12-18(21-17-9-5-4-8-16(17)20-12)19-11-14-10-13-6-2-3-7-15(13)14/h2-9,14H,10-11H2,1H3,(H,19,21). The second-order valence-electron chi connectivity index (χ2n) is 5.63. The van der Waals surface area contributed by atoms with Gasteiger partial charge in [-0.15, -0.1) is 0 Å². The summed E-state index contributed by atoms with van der Waals surface area (Å²) in [6.07, 6.45) is 1.16. The van der Waals surface area contributed by atoms with E-state index in [1.54, 1.807) is 0 Å². The maximum atomic E-state index is 4.69. The molecule has 0 bridgehead atoms. The Hall–Kier alpha value is -2.42. The Labute approximate surface area is 124 Å². The van der Waals surface area contributed by atoms with E-state index in [0.717, 1.165) is 35.5 Å². The first-order valence-electron chi connectivity index (χ1n) is 7.36. The van der Waals surface area contributed by atoms with E-state index in [4.69, 9.17) is 0 Å². The average Bonchev–Trinajstić information content (AvgIpc) is 2.48. The van der Waals surface area contributed by atoms with Crippen LogP contribution in [0.4, 0.5) is 5.82 Å². The van der Waals surface area contributed by atoms with Crippen LogP contribution in [-0.4, -0.2) is 16.5 Å². The van der Waals surface area contributed by atoms with Crippen LogP contribution in [0.25, 0.3) is 11.0 Å². The lowest BCUT2D eigenvalue weighted by molar-refractivity contribution is 0.634. The number of hydrogen-bond donors (Lipinski definition) is 1. The third-order valence-corrected chi connectivity index (χ3v) is 4.22. The quantitative estimate of drug-likeness (QED) is 0.792. The Morgan fingerprint density at radius 3 is 2.52 bits per heavy atom. The van der Waals surface area contributed by atoms with Crippen molar-refractivity contribution >= 4 is 16.9 Å². The topological polar surface area (TPSA) is 37.8 Å². The average molecular weight is 275 g/mol. The molecule has 3 nitrogen and oxygen atoms in total. The molecule has 1 N–H and O–H groups in total. The zero-order chi connectivity index (χ0) is 14.2. The fourth-order valence-corrected chi connectivity index (χ4v) is 3.02. The van der Waals surface area contributed by atoms with Gasteiger partial charge in [0.05, 0.1) is 16.7 Å². The summed E-state index contributed by atoms with van der Waals surface area (Å²) >= 11 is 0. The Morgan fingerprint density at radius 2 is 1.71 bits per heavy atom. The molecule has 1 aromatic heterocycles. The molecule has 0 aliphatic heterocycles. The summed E-state index contributed by atoms with van der Waals surface area (Å²) in [5.41, 5.74) is 5.80. The van der Waals surface area contributed by atoms with E-state index in [2.05, 4.69) is 39.6 Å². The third kappa shape index (κ3) is 2.15. The van der Waals surface area contributed by atoms with Crippen molar-refractivity contribution in [2.75, 3.05) is 11.9 Å². The van der Waals surface area contributed by atoms with Gasteiger partial charge in [-0.3, -0.25) is 0 Å². The minimum absolute atomic E-state index is 0.592. The molecule has 1 heterocycles. The predicted octanol–water partition coefficient (Wildman–Crippen LogP) is 3.69. The summed E-state index contributed by atoms with van der Waals surface area (Å²) in [5, 5.41) is 3.47. The van der Waals surface area contributed by atoms with E-state index < -0.39 is 0 Å². The molecule has 0 radical (unpaired) electrons. The summed E-state index contributed by atoms with van der Waals surface area (Å²) < 4.78 is 0. The van der Waals surface area contributed by atoms with Crippen LogP contribution in [0.3, 0.4) is 0 Å². The monoisotopic (exact) mass is 275 g/mol. The summed E-state index contributed by atoms with van der Waals surface area (Å²) in [7, 11) is 0. The molecule has 1 aliphatic rings. The van der Waals surface area contributed by atoms with Crippen LogP contribution in [0.2, 0.25) is 0 Å². The van der Waals surface area contributed by atoms with E-state index in [-0.39, 0.29) is 0 Å². The third-order valence-electron chi connectivity index (χ3n) is 4.22. The Kier molecular flexibility index (Phi) is 2.85. The lowest BCUT2D eigenvalue weighted by atomic mass is 9.77. The molecule has 0 amide bonds. The van der Waals surface area contributed by atoms with Gasteiger partial charge >= 0.3 is 0 Å². The second kappa shape index (κ2) is 4.85. The number of nitrogens with one attached hydrogen (secondary N) is 1. The highest BCUT2D eigenvalue weighted by molar-refractivity contribution is 5.76. The van der Waals surface area contributed by atoms with Gasteiger partial charge in [0.15, 0.2) is 0 Å². The number of para-hydroxylation sites is 2. The normalized spacial score (nSPS) is 16.3. The SMILES string of the molecule is Cc1nc2ccccc2nc1NCC1Cc2ccccc21. The first kappa shape index (κ1) is 12.3. The fourth-order valence-electron chi connectivity index (χ4n) is 3.02. The molecule has 0 fully saturated rings. The molecule has 3 heteroatoms. The molecular formula is C18H17N3. The number of anilines is 1. The van der Waals surface area contributed by atoms with Gasteiger partial charge in [0.2, 0.25) is 0 Å². The highest BCUT2D eigenvalue weighted by atomic mass is 15.0. The van der Waals surface area contributed by atoms with Crippen molar-refractivity contribution in [3.8, 4) is 0 Å². The lowest BCUT2D eigenvalue weighted by Gasteiger charge is -2.30. The summed E-state index contributed by atoms with van der Waals surface area (Å²) in [4.78, 5) is 9.30. The van der Waals surface area contributed by atoms with Crippen LogP contribution in [0, 0.1) is 6.92 Å². The van der Waals surface area contributed by atoms with Crippen molar-refractivity contribution in [2.45, 2.75) is 19.3 Å². The van der Waals surface area contributed by atoms with Gasteiger partial charge in [-0.05, 0) is 36.6 Å². The van der Waals surface area contributed by atoms with Crippen molar-refractivity contribution in [2.24, 2.45) is 0 Å². The molecule has 3 aromatic rings. The van der Waals surface area contributed by atoms with Crippen molar-refractivity contribution in [3.63, 3.8) is 0 Å². The summed E-state index contributed by atoms with van der Waals surface area (Å²) in [6.45, 7) is 2.93. The van der Waals surface area contributed by atoms with Crippen LogP contribution in [-0.2, 0) is 6.42 Å².